The minimum Gasteiger partial charge on any atom is -0.342 e. The summed E-state index contributed by atoms with van der Waals surface area (Å²) in [4.78, 5) is 0. The topological polar surface area (TPSA) is 4.93 Å². The highest BCUT2D eigenvalue weighted by Crippen LogP contribution is 2.31. The molecule has 15 heavy (non-hydrogen) atoms. The van der Waals surface area contributed by atoms with Crippen molar-refractivity contribution in [3.05, 3.63) is 47.5 Å². The zero-order chi connectivity index (χ0) is 10.4. The van der Waals surface area contributed by atoms with Gasteiger partial charge in [-0.15, -0.1) is 0 Å². The van der Waals surface area contributed by atoms with Crippen LogP contribution in [0.2, 0.25) is 5.02 Å². The predicted molar refractivity (Wildman–Crippen MR) is 65.4 cm³/mol. The van der Waals surface area contributed by atoms with E-state index >= 15 is 0 Å². The third-order valence-electron chi connectivity index (χ3n) is 2.88. The zero-order valence-electron chi connectivity index (χ0n) is 8.37. The van der Waals surface area contributed by atoms with Gasteiger partial charge < -0.3 is 4.57 Å². The molecule has 2 heteroatoms. The van der Waals surface area contributed by atoms with Gasteiger partial charge in [-0.25, -0.2) is 0 Å². The summed E-state index contributed by atoms with van der Waals surface area (Å²) in [5.41, 5.74) is 2.33. The van der Waals surface area contributed by atoms with E-state index in [1.807, 2.05) is 12.1 Å². The highest BCUT2D eigenvalue weighted by atomic mass is 35.5. The number of aromatic nitrogens is 1. The second kappa shape index (κ2) is 3.01. The number of halogens is 1. The molecule has 0 saturated carbocycles. The lowest BCUT2D eigenvalue weighted by Gasteiger charge is -1.98. The van der Waals surface area contributed by atoms with Gasteiger partial charge in [0.2, 0.25) is 0 Å². The van der Waals surface area contributed by atoms with Crippen molar-refractivity contribution in [2.45, 2.75) is 0 Å². The van der Waals surface area contributed by atoms with E-state index in [0.717, 1.165) is 10.5 Å². The van der Waals surface area contributed by atoms with Crippen LogP contribution in [0, 0.1) is 0 Å². The van der Waals surface area contributed by atoms with Crippen LogP contribution in [0.4, 0.5) is 0 Å². The number of nitrogens with zero attached hydrogens (tertiary/aromatic N) is 1. The fraction of sp³-hybridized carbons (Fsp3) is 0.0769. The lowest BCUT2D eigenvalue weighted by molar-refractivity contribution is 1.01. The molecule has 1 aromatic heterocycles. The van der Waals surface area contributed by atoms with Gasteiger partial charge in [0.05, 0.1) is 10.5 Å². The first kappa shape index (κ1) is 8.81. The summed E-state index contributed by atoms with van der Waals surface area (Å²) in [5, 5.41) is 3.30. The molecule has 0 atom stereocenters. The minimum atomic E-state index is 0.811. The maximum absolute atomic E-state index is 6.21. The van der Waals surface area contributed by atoms with Crippen LogP contribution < -0.4 is 0 Å². The van der Waals surface area contributed by atoms with Gasteiger partial charge in [0, 0.05) is 23.3 Å². The standard InChI is InChI=1S/C13H10ClN/c1-15-12-8-3-2-5-9(12)10-6-4-7-11(14)13(10)15/h2-8H,1H3. The minimum absolute atomic E-state index is 0.811. The molecule has 1 heterocycles. The lowest BCUT2D eigenvalue weighted by Crippen LogP contribution is -1.86. The van der Waals surface area contributed by atoms with Gasteiger partial charge in [0.1, 0.15) is 0 Å². The first-order chi connectivity index (χ1) is 7.29. The van der Waals surface area contributed by atoms with Crippen LogP contribution in [0.15, 0.2) is 42.5 Å². The lowest BCUT2D eigenvalue weighted by atomic mass is 10.2. The molecule has 0 radical (unpaired) electrons. The zero-order valence-corrected chi connectivity index (χ0v) is 9.12. The highest BCUT2D eigenvalue weighted by molar-refractivity contribution is 6.36. The molecule has 0 bridgehead atoms. The molecule has 2 aromatic carbocycles. The van der Waals surface area contributed by atoms with Crippen molar-refractivity contribution in [3.8, 4) is 0 Å². The van der Waals surface area contributed by atoms with Crippen molar-refractivity contribution in [2.24, 2.45) is 7.05 Å². The molecule has 0 unspecified atom stereocenters. The molecule has 0 spiro atoms. The Kier molecular flexibility index (Phi) is 1.77. The molecule has 1 nitrogen and oxygen atoms in total. The van der Waals surface area contributed by atoms with Crippen molar-refractivity contribution in [2.75, 3.05) is 0 Å². The van der Waals surface area contributed by atoms with E-state index in [2.05, 4.69) is 41.9 Å². The van der Waals surface area contributed by atoms with Gasteiger partial charge in [-0.05, 0) is 12.1 Å². The Morgan fingerprint density at radius 1 is 0.933 bits per heavy atom. The van der Waals surface area contributed by atoms with E-state index in [1.54, 1.807) is 0 Å². The van der Waals surface area contributed by atoms with Crippen LogP contribution in [-0.4, -0.2) is 4.57 Å². The van der Waals surface area contributed by atoms with E-state index in [0.29, 0.717) is 0 Å². The predicted octanol–water partition coefficient (Wildman–Crippen LogP) is 3.98. The second-order valence-electron chi connectivity index (χ2n) is 3.71. The average Bonchev–Trinajstić information content (AvgIpc) is 2.55. The Balaban J connectivity index is 2.69. The molecule has 0 aliphatic heterocycles. The molecule has 74 valence electrons. The fourth-order valence-electron chi connectivity index (χ4n) is 2.19. The van der Waals surface area contributed by atoms with Crippen molar-refractivity contribution in [1.82, 2.24) is 4.57 Å². The first-order valence-electron chi connectivity index (χ1n) is 4.90. The van der Waals surface area contributed by atoms with Gasteiger partial charge in [-0.1, -0.05) is 41.9 Å². The van der Waals surface area contributed by atoms with Crippen LogP contribution >= 0.6 is 11.6 Å². The summed E-state index contributed by atoms with van der Waals surface area (Å²) in [6, 6.07) is 14.4. The third-order valence-corrected chi connectivity index (χ3v) is 3.18. The van der Waals surface area contributed by atoms with Crippen molar-refractivity contribution >= 4 is 33.4 Å². The third kappa shape index (κ3) is 1.10. The van der Waals surface area contributed by atoms with Gasteiger partial charge >= 0.3 is 0 Å². The van der Waals surface area contributed by atoms with Crippen molar-refractivity contribution in [1.29, 1.82) is 0 Å². The van der Waals surface area contributed by atoms with Gasteiger partial charge in [-0.2, -0.15) is 0 Å². The number of hydrogen-bond acceptors (Lipinski definition) is 0. The molecule has 0 amide bonds. The van der Waals surface area contributed by atoms with Gasteiger partial charge in [0.25, 0.3) is 0 Å². The molecule has 0 aliphatic carbocycles. The monoisotopic (exact) mass is 215 g/mol. The second-order valence-corrected chi connectivity index (χ2v) is 4.12. The number of hydrogen-bond donors (Lipinski definition) is 0. The largest absolute Gasteiger partial charge is 0.342 e. The van der Waals surface area contributed by atoms with E-state index < -0.39 is 0 Å². The number of para-hydroxylation sites is 2. The van der Waals surface area contributed by atoms with Crippen LogP contribution in [0.1, 0.15) is 0 Å². The normalized spacial score (nSPS) is 11.3. The molecule has 0 aliphatic rings. The molecule has 0 N–H and O–H groups in total. The van der Waals surface area contributed by atoms with Gasteiger partial charge in [0.15, 0.2) is 0 Å². The maximum atomic E-state index is 6.21. The molecule has 3 rings (SSSR count). The van der Waals surface area contributed by atoms with Gasteiger partial charge in [-0.3, -0.25) is 0 Å². The Hall–Kier alpha value is -1.47. The number of benzene rings is 2. The summed E-state index contributed by atoms with van der Waals surface area (Å²) in [5.74, 6) is 0. The molecule has 3 aromatic rings. The van der Waals surface area contributed by atoms with E-state index in [-0.39, 0.29) is 0 Å². The summed E-state index contributed by atoms with van der Waals surface area (Å²) in [6.45, 7) is 0. The van der Waals surface area contributed by atoms with E-state index in [4.69, 9.17) is 11.6 Å². The van der Waals surface area contributed by atoms with Crippen LogP contribution in [0.25, 0.3) is 21.8 Å². The first-order valence-corrected chi connectivity index (χ1v) is 5.28. The highest BCUT2D eigenvalue weighted by Gasteiger charge is 2.08. The Morgan fingerprint density at radius 3 is 2.53 bits per heavy atom. The maximum Gasteiger partial charge on any atom is 0.0678 e. The van der Waals surface area contributed by atoms with E-state index in [9.17, 15) is 0 Å². The smallest absolute Gasteiger partial charge is 0.0678 e. The van der Waals surface area contributed by atoms with Crippen molar-refractivity contribution in [3.63, 3.8) is 0 Å². The SMILES string of the molecule is Cn1c2ccccc2c2cccc(Cl)c21. The Bertz CT molecular complexity index is 652. The number of rotatable bonds is 0. The van der Waals surface area contributed by atoms with Crippen molar-refractivity contribution < 1.29 is 0 Å². The Labute approximate surface area is 92.9 Å². The summed E-state index contributed by atoms with van der Waals surface area (Å²) in [6.07, 6.45) is 0. The molecular weight excluding hydrogens is 206 g/mol. The van der Waals surface area contributed by atoms with Crippen LogP contribution in [0.3, 0.4) is 0 Å². The quantitative estimate of drug-likeness (QED) is 0.535. The number of fused-ring (bicyclic) bond motifs is 3. The summed E-state index contributed by atoms with van der Waals surface area (Å²) in [7, 11) is 2.05. The summed E-state index contributed by atoms with van der Waals surface area (Å²) < 4.78 is 2.15. The molecule has 0 fully saturated rings. The Morgan fingerprint density at radius 2 is 1.67 bits per heavy atom. The van der Waals surface area contributed by atoms with Crippen LogP contribution in [-0.2, 0) is 7.05 Å². The summed E-state index contributed by atoms with van der Waals surface area (Å²) >= 11 is 6.21. The molecular formula is C13H10ClN. The van der Waals surface area contributed by atoms with Crippen LogP contribution in [0.5, 0.6) is 0 Å². The van der Waals surface area contributed by atoms with E-state index in [1.165, 1.54) is 16.3 Å². The fourth-order valence-corrected chi connectivity index (χ4v) is 2.49. The molecule has 0 saturated heterocycles. The number of aryl methyl sites for hydroxylation is 1. The average molecular weight is 216 g/mol.